The van der Waals surface area contributed by atoms with Gasteiger partial charge in [0.2, 0.25) is 0 Å². The van der Waals surface area contributed by atoms with Crippen LogP contribution in [0.15, 0.2) is 11.2 Å². The fraction of sp³-hybridized carbons (Fsp3) is 0.667. The van der Waals surface area contributed by atoms with Gasteiger partial charge in [-0.1, -0.05) is 6.42 Å². The number of nitrogens with zero attached hydrogens (tertiary/aromatic N) is 2. The summed E-state index contributed by atoms with van der Waals surface area (Å²) in [7, 11) is -2.23. The lowest BCUT2D eigenvalue weighted by Crippen LogP contribution is -2.35. The molecular weight excluding hydrogens is 282 g/mol. The monoisotopic (exact) mass is 301 g/mol. The van der Waals surface area contributed by atoms with Crippen LogP contribution in [0.25, 0.3) is 0 Å². The Morgan fingerprint density at radius 1 is 1.55 bits per heavy atom. The smallest absolute Gasteiger partial charge is 0.342 e. The summed E-state index contributed by atoms with van der Waals surface area (Å²) in [5.41, 5.74) is -0.0488. The number of hydrogen-bond acceptors (Lipinski definition) is 5. The molecule has 0 aliphatic heterocycles. The molecule has 2 rings (SSSR count). The molecule has 1 aromatic heterocycles. The van der Waals surface area contributed by atoms with Gasteiger partial charge in [0.1, 0.15) is 5.56 Å². The highest BCUT2D eigenvalue weighted by Gasteiger charge is 2.31. The first-order valence-electron chi connectivity index (χ1n) is 6.63. The van der Waals surface area contributed by atoms with Crippen molar-refractivity contribution in [2.75, 3.05) is 20.2 Å². The van der Waals surface area contributed by atoms with E-state index in [0.29, 0.717) is 12.5 Å². The van der Waals surface area contributed by atoms with Gasteiger partial charge in [-0.15, -0.1) is 0 Å². The summed E-state index contributed by atoms with van der Waals surface area (Å²) >= 11 is 0. The summed E-state index contributed by atoms with van der Waals surface area (Å²) < 4.78 is 31.0. The van der Waals surface area contributed by atoms with Gasteiger partial charge >= 0.3 is 5.97 Å². The predicted octanol–water partition coefficient (Wildman–Crippen LogP) is 1.01. The van der Waals surface area contributed by atoms with Crippen molar-refractivity contribution in [2.45, 2.75) is 31.2 Å². The molecule has 7 nitrogen and oxygen atoms in total. The molecule has 1 aliphatic rings. The van der Waals surface area contributed by atoms with E-state index >= 15 is 0 Å². The summed E-state index contributed by atoms with van der Waals surface area (Å²) in [5, 5.41) is 5.85. The second kappa shape index (κ2) is 5.92. The van der Waals surface area contributed by atoms with Crippen molar-refractivity contribution in [2.24, 2.45) is 5.92 Å². The Morgan fingerprint density at radius 3 is 2.80 bits per heavy atom. The molecule has 1 N–H and O–H groups in total. The first-order valence-corrected chi connectivity index (χ1v) is 8.07. The van der Waals surface area contributed by atoms with E-state index in [0.717, 1.165) is 19.3 Å². The molecule has 0 bridgehead atoms. The SMILES string of the molecule is CCOC(=O)c1cn[nH]c1S(=O)(=O)N(C)CC1CCC1. The van der Waals surface area contributed by atoms with Gasteiger partial charge in [-0.25, -0.2) is 13.2 Å². The number of rotatable bonds is 6. The van der Waals surface area contributed by atoms with E-state index < -0.39 is 16.0 Å². The number of esters is 1. The fourth-order valence-electron chi connectivity index (χ4n) is 2.12. The topological polar surface area (TPSA) is 92.4 Å². The predicted molar refractivity (Wildman–Crippen MR) is 71.7 cm³/mol. The number of hydrogen-bond donors (Lipinski definition) is 1. The van der Waals surface area contributed by atoms with Crippen molar-refractivity contribution in [3.8, 4) is 0 Å². The van der Waals surface area contributed by atoms with Gasteiger partial charge in [-0.05, 0) is 25.7 Å². The lowest BCUT2D eigenvalue weighted by molar-refractivity contribution is 0.0521. The molecule has 20 heavy (non-hydrogen) atoms. The average molecular weight is 301 g/mol. The highest BCUT2D eigenvalue weighted by atomic mass is 32.2. The van der Waals surface area contributed by atoms with Crippen LogP contribution in [0.4, 0.5) is 0 Å². The molecule has 0 saturated heterocycles. The number of carbonyl (C=O) groups excluding carboxylic acids is 1. The molecule has 0 spiro atoms. The van der Waals surface area contributed by atoms with Crippen LogP contribution in [0.3, 0.4) is 0 Å². The van der Waals surface area contributed by atoms with Crippen LogP contribution in [-0.4, -0.2) is 49.1 Å². The third kappa shape index (κ3) is 2.85. The van der Waals surface area contributed by atoms with Crippen LogP contribution < -0.4 is 0 Å². The summed E-state index contributed by atoms with van der Waals surface area (Å²) in [6.45, 7) is 2.31. The second-order valence-corrected chi connectivity index (χ2v) is 6.90. The maximum atomic E-state index is 12.4. The number of sulfonamides is 1. The second-order valence-electron chi connectivity index (χ2n) is 4.92. The number of ether oxygens (including phenoxy) is 1. The van der Waals surface area contributed by atoms with Gasteiger partial charge in [-0.3, -0.25) is 5.10 Å². The molecule has 1 fully saturated rings. The standard InChI is InChI=1S/C12H19N3O4S/c1-3-19-12(16)10-7-13-14-11(10)20(17,18)15(2)8-9-5-4-6-9/h7,9H,3-6,8H2,1-2H3,(H,13,14). The van der Waals surface area contributed by atoms with Gasteiger partial charge < -0.3 is 4.74 Å². The zero-order chi connectivity index (χ0) is 14.8. The van der Waals surface area contributed by atoms with E-state index in [2.05, 4.69) is 10.2 Å². The fourth-order valence-corrected chi connectivity index (χ4v) is 3.42. The number of aromatic nitrogens is 2. The molecular formula is C12H19N3O4S. The first kappa shape index (κ1) is 15.0. The van der Waals surface area contributed by atoms with E-state index in [-0.39, 0.29) is 17.2 Å². The minimum Gasteiger partial charge on any atom is -0.462 e. The Labute approximate surface area is 118 Å². The zero-order valence-electron chi connectivity index (χ0n) is 11.6. The van der Waals surface area contributed by atoms with Gasteiger partial charge in [0.05, 0.1) is 12.8 Å². The molecule has 112 valence electrons. The van der Waals surface area contributed by atoms with E-state index in [1.807, 2.05) is 0 Å². The van der Waals surface area contributed by atoms with E-state index in [4.69, 9.17) is 4.74 Å². The van der Waals surface area contributed by atoms with E-state index in [1.165, 1.54) is 17.5 Å². The summed E-state index contributed by atoms with van der Waals surface area (Å²) in [6.07, 6.45) is 4.43. The molecule has 0 amide bonds. The van der Waals surface area contributed by atoms with Crippen LogP contribution in [0.5, 0.6) is 0 Å². The Balaban J connectivity index is 2.20. The Hall–Kier alpha value is -1.41. The normalized spacial score (nSPS) is 16.1. The third-order valence-electron chi connectivity index (χ3n) is 3.51. The van der Waals surface area contributed by atoms with Crippen LogP contribution in [0.1, 0.15) is 36.5 Å². The quantitative estimate of drug-likeness (QED) is 0.792. The molecule has 0 radical (unpaired) electrons. The highest BCUT2D eigenvalue weighted by molar-refractivity contribution is 7.89. The minimum atomic E-state index is -3.75. The largest absolute Gasteiger partial charge is 0.462 e. The maximum absolute atomic E-state index is 12.4. The zero-order valence-corrected chi connectivity index (χ0v) is 12.4. The van der Waals surface area contributed by atoms with Gasteiger partial charge in [-0.2, -0.15) is 9.40 Å². The summed E-state index contributed by atoms with van der Waals surface area (Å²) in [4.78, 5) is 11.7. The van der Waals surface area contributed by atoms with Gasteiger partial charge in [0.15, 0.2) is 5.03 Å². The van der Waals surface area contributed by atoms with Crippen LogP contribution >= 0.6 is 0 Å². The molecule has 0 aromatic carbocycles. The van der Waals surface area contributed by atoms with Crippen molar-refractivity contribution in [3.63, 3.8) is 0 Å². The molecule has 8 heteroatoms. The Kier molecular flexibility index (Phi) is 4.44. The number of carbonyl (C=O) groups is 1. The lowest BCUT2D eigenvalue weighted by atomic mass is 9.86. The van der Waals surface area contributed by atoms with Crippen LogP contribution in [0, 0.1) is 5.92 Å². The van der Waals surface area contributed by atoms with Crippen molar-refractivity contribution >= 4 is 16.0 Å². The molecule has 1 heterocycles. The minimum absolute atomic E-state index is 0.0488. The van der Waals surface area contributed by atoms with Gasteiger partial charge in [0, 0.05) is 13.6 Å². The van der Waals surface area contributed by atoms with Crippen LogP contribution in [-0.2, 0) is 14.8 Å². The molecule has 0 atom stereocenters. The maximum Gasteiger partial charge on any atom is 0.342 e. The molecule has 1 aromatic rings. The Bertz CT molecular complexity index is 577. The lowest BCUT2D eigenvalue weighted by Gasteiger charge is -2.29. The van der Waals surface area contributed by atoms with Crippen molar-refractivity contribution < 1.29 is 17.9 Å². The van der Waals surface area contributed by atoms with E-state index in [1.54, 1.807) is 6.92 Å². The van der Waals surface area contributed by atoms with Crippen molar-refractivity contribution in [3.05, 3.63) is 11.8 Å². The van der Waals surface area contributed by atoms with Crippen LogP contribution in [0.2, 0.25) is 0 Å². The molecule has 1 aliphatic carbocycles. The third-order valence-corrected chi connectivity index (χ3v) is 5.30. The number of H-pyrrole nitrogens is 1. The number of nitrogens with one attached hydrogen (secondary N) is 1. The van der Waals surface area contributed by atoms with Gasteiger partial charge in [0.25, 0.3) is 10.0 Å². The van der Waals surface area contributed by atoms with E-state index in [9.17, 15) is 13.2 Å². The van der Waals surface area contributed by atoms with Crippen molar-refractivity contribution in [1.82, 2.24) is 14.5 Å². The number of aromatic amines is 1. The average Bonchev–Trinajstić information content (AvgIpc) is 2.83. The molecule has 0 unspecified atom stereocenters. The van der Waals surface area contributed by atoms with Crippen molar-refractivity contribution in [1.29, 1.82) is 0 Å². The highest BCUT2D eigenvalue weighted by Crippen LogP contribution is 2.28. The molecule has 1 saturated carbocycles. The summed E-state index contributed by atoms with van der Waals surface area (Å²) in [5.74, 6) is -0.277. The summed E-state index contributed by atoms with van der Waals surface area (Å²) in [6, 6.07) is 0. The Morgan fingerprint density at radius 2 is 2.25 bits per heavy atom. The first-order chi connectivity index (χ1) is 9.46.